The zero-order valence-electron chi connectivity index (χ0n) is 16.7. The molecule has 0 saturated carbocycles. The Morgan fingerprint density at radius 3 is 2.79 bits per heavy atom. The smallest absolute Gasteiger partial charge is 0.127 e. The van der Waals surface area contributed by atoms with Crippen LogP contribution < -0.4 is 15.0 Å². The van der Waals surface area contributed by atoms with Gasteiger partial charge in [0.05, 0.1) is 26.2 Å². The zero-order valence-corrected chi connectivity index (χ0v) is 16.7. The van der Waals surface area contributed by atoms with Gasteiger partial charge in [-0.1, -0.05) is 24.3 Å². The van der Waals surface area contributed by atoms with Crippen LogP contribution in [-0.2, 0) is 13.0 Å². The van der Waals surface area contributed by atoms with E-state index in [1.54, 1.807) is 12.0 Å². The van der Waals surface area contributed by atoms with Crippen molar-refractivity contribution in [3.63, 3.8) is 0 Å². The lowest BCUT2D eigenvalue weighted by Gasteiger charge is -2.27. The van der Waals surface area contributed by atoms with Gasteiger partial charge in [-0.3, -0.25) is 0 Å². The fraction of sp³-hybridized carbons (Fsp3) is 0.417. The summed E-state index contributed by atoms with van der Waals surface area (Å²) in [4.78, 5) is 5.38. The number of para-hydroxylation sites is 1. The van der Waals surface area contributed by atoms with E-state index in [-0.39, 0.29) is 6.04 Å². The molecule has 0 radical (unpaired) electrons. The number of methoxy groups -OCH3 is 1. The molecule has 28 heavy (non-hydrogen) atoms. The van der Waals surface area contributed by atoms with Crippen LogP contribution in [0.1, 0.15) is 47.7 Å². The van der Waals surface area contributed by atoms with Crippen molar-refractivity contribution in [1.82, 2.24) is 10.3 Å². The number of H-pyrrole nitrogens is 1. The van der Waals surface area contributed by atoms with Gasteiger partial charge in [-0.15, -0.1) is 0 Å². The van der Waals surface area contributed by atoms with Crippen molar-refractivity contribution in [2.45, 2.75) is 38.3 Å². The minimum absolute atomic E-state index is 0.220. The first-order valence-corrected chi connectivity index (χ1v) is 10.7. The molecule has 3 heterocycles. The molecular weight excluding hydrogens is 346 g/mol. The molecule has 0 spiro atoms. The van der Waals surface area contributed by atoms with E-state index in [0.29, 0.717) is 0 Å². The topological polar surface area (TPSA) is 41.5 Å². The number of nitrogens with one attached hydrogen (secondary N) is 3. The molecule has 146 valence electrons. The van der Waals surface area contributed by atoms with Crippen LogP contribution >= 0.6 is 0 Å². The second kappa shape index (κ2) is 7.61. The van der Waals surface area contributed by atoms with Crippen LogP contribution in [0.15, 0.2) is 42.5 Å². The van der Waals surface area contributed by atoms with Crippen molar-refractivity contribution < 1.29 is 9.64 Å². The third-order valence-electron chi connectivity index (χ3n) is 6.50. The summed E-state index contributed by atoms with van der Waals surface area (Å²) < 4.78 is 5.71. The van der Waals surface area contributed by atoms with Crippen LogP contribution in [0.5, 0.6) is 5.75 Å². The molecule has 5 rings (SSSR count). The number of fused-ring (bicyclic) bond motifs is 3. The molecule has 1 saturated heterocycles. The molecule has 1 aromatic heterocycles. The quantitative estimate of drug-likeness (QED) is 0.655. The summed E-state index contributed by atoms with van der Waals surface area (Å²) in [7, 11) is 1.79. The van der Waals surface area contributed by atoms with Crippen LogP contribution in [0, 0.1) is 0 Å². The summed E-state index contributed by atoms with van der Waals surface area (Å²) in [5, 5.41) is 5.11. The maximum Gasteiger partial charge on any atom is 0.127 e. The SMILES string of the molecule is COc1ccc(C2NCCc3c2[nH]c2ccccc32)cc1C[NH+]1CCCCC1. The summed E-state index contributed by atoms with van der Waals surface area (Å²) in [6.45, 7) is 4.63. The van der Waals surface area contributed by atoms with Crippen LogP contribution in [0.25, 0.3) is 10.9 Å². The normalized spacial score (nSPS) is 20.2. The van der Waals surface area contributed by atoms with Gasteiger partial charge >= 0.3 is 0 Å². The van der Waals surface area contributed by atoms with E-state index >= 15 is 0 Å². The molecular formula is C24H30N3O+. The molecule has 1 fully saturated rings. The monoisotopic (exact) mass is 376 g/mol. The van der Waals surface area contributed by atoms with Crippen LogP contribution in [-0.4, -0.2) is 31.7 Å². The van der Waals surface area contributed by atoms with E-state index in [9.17, 15) is 0 Å². The van der Waals surface area contributed by atoms with E-state index in [4.69, 9.17) is 4.74 Å². The molecule has 4 nitrogen and oxygen atoms in total. The Morgan fingerprint density at radius 2 is 1.93 bits per heavy atom. The van der Waals surface area contributed by atoms with E-state index in [1.165, 1.54) is 65.6 Å². The summed E-state index contributed by atoms with van der Waals surface area (Å²) in [6, 6.07) is 15.7. The average molecular weight is 377 g/mol. The first-order chi connectivity index (χ1) is 13.8. The van der Waals surface area contributed by atoms with Gasteiger partial charge in [0.1, 0.15) is 12.3 Å². The number of ether oxygens (including phenoxy) is 1. The highest BCUT2D eigenvalue weighted by Crippen LogP contribution is 2.34. The summed E-state index contributed by atoms with van der Waals surface area (Å²) in [6.07, 6.45) is 5.16. The van der Waals surface area contributed by atoms with Gasteiger partial charge in [0.15, 0.2) is 0 Å². The number of rotatable bonds is 4. The van der Waals surface area contributed by atoms with Gasteiger partial charge in [-0.2, -0.15) is 0 Å². The summed E-state index contributed by atoms with van der Waals surface area (Å²) >= 11 is 0. The molecule has 0 aliphatic carbocycles. The molecule has 2 aliphatic heterocycles. The van der Waals surface area contributed by atoms with Gasteiger partial charge in [0.25, 0.3) is 0 Å². The third-order valence-corrected chi connectivity index (χ3v) is 6.50. The lowest BCUT2D eigenvalue weighted by atomic mass is 9.93. The van der Waals surface area contributed by atoms with Crippen molar-refractivity contribution in [3.05, 3.63) is 64.8 Å². The summed E-state index contributed by atoms with van der Waals surface area (Å²) in [5.41, 5.74) is 6.71. The second-order valence-corrected chi connectivity index (χ2v) is 8.26. The number of hydrogen-bond donors (Lipinski definition) is 3. The molecule has 0 bridgehead atoms. The number of aromatic nitrogens is 1. The fourth-order valence-electron chi connectivity index (χ4n) is 5.08. The van der Waals surface area contributed by atoms with Gasteiger partial charge in [0, 0.05) is 28.7 Å². The van der Waals surface area contributed by atoms with Crippen molar-refractivity contribution in [2.75, 3.05) is 26.7 Å². The number of piperidine rings is 1. The first kappa shape index (κ1) is 17.8. The van der Waals surface area contributed by atoms with Gasteiger partial charge in [-0.05, 0) is 55.0 Å². The van der Waals surface area contributed by atoms with E-state index in [0.717, 1.165) is 25.3 Å². The number of quaternary nitrogens is 1. The first-order valence-electron chi connectivity index (χ1n) is 10.7. The predicted octanol–water partition coefficient (Wildman–Crippen LogP) is 2.98. The Hall–Kier alpha value is -2.30. The fourth-order valence-corrected chi connectivity index (χ4v) is 5.08. The average Bonchev–Trinajstić information content (AvgIpc) is 3.13. The lowest BCUT2D eigenvalue weighted by molar-refractivity contribution is -0.918. The van der Waals surface area contributed by atoms with Crippen molar-refractivity contribution in [2.24, 2.45) is 0 Å². The standard InChI is InChI=1S/C24H29N3O/c1-28-22-10-9-17(15-18(22)16-27-13-5-2-6-14-27)23-24-20(11-12-25-23)19-7-3-4-8-21(19)26-24/h3-4,7-10,15,23,25-26H,2,5-6,11-14,16H2,1H3/p+1. The highest BCUT2D eigenvalue weighted by Gasteiger charge is 2.26. The number of aromatic amines is 1. The van der Waals surface area contributed by atoms with E-state index in [2.05, 4.69) is 52.8 Å². The minimum Gasteiger partial charge on any atom is -0.496 e. The van der Waals surface area contributed by atoms with Crippen molar-refractivity contribution >= 4 is 10.9 Å². The highest BCUT2D eigenvalue weighted by atomic mass is 16.5. The van der Waals surface area contributed by atoms with Gasteiger partial charge in [0.2, 0.25) is 0 Å². The molecule has 2 aliphatic rings. The number of benzene rings is 2. The molecule has 3 N–H and O–H groups in total. The molecule has 4 heteroatoms. The highest BCUT2D eigenvalue weighted by molar-refractivity contribution is 5.85. The number of hydrogen-bond acceptors (Lipinski definition) is 2. The van der Waals surface area contributed by atoms with Gasteiger partial charge in [-0.25, -0.2) is 0 Å². The second-order valence-electron chi connectivity index (χ2n) is 8.26. The van der Waals surface area contributed by atoms with Crippen molar-refractivity contribution in [1.29, 1.82) is 0 Å². The molecule has 2 aromatic carbocycles. The van der Waals surface area contributed by atoms with Gasteiger partial charge < -0.3 is 19.9 Å². The maximum atomic E-state index is 5.71. The Labute approximate surface area is 166 Å². The zero-order chi connectivity index (χ0) is 18.9. The third kappa shape index (κ3) is 3.21. The summed E-state index contributed by atoms with van der Waals surface area (Å²) in [5.74, 6) is 1.02. The Kier molecular flexibility index (Phi) is 4.83. The molecule has 1 unspecified atom stereocenters. The van der Waals surface area contributed by atoms with Crippen molar-refractivity contribution in [3.8, 4) is 5.75 Å². The Balaban J connectivity index is 1.51. The Morgan fingerprint density at radius 1 is 1.07 bits per heavy atom. The van der Waals surface area contributed by atoms with Crippen LogP contribution in [0.4, 0.5) is 0 Å². The Bertz CT molecular complexity index is 971. The number of likely N-dealkylation sites (tertiary alicyclic amines) is 1. The van der Waals surface area contributed by atoms with Crippen LogP contribution in [0.2, 0.25) is 0 Å². The molecule has 1 atom stereocenters. The van der Waals surface area contributed by atoms with E-state index < -0.39 is 0 Å². The maximum absolute atomic E-state index is 5.71. The van der Waals surface area contributed by atoms with E-state index in [1.807, 2.05) is 0 Å². The minimum atomic E-state index is 0.220. The van der Waals surface area contributed by atoms with Crippen LogP contribution in [0.3, 0.4) is 0 Å². The largest absolute Gasteiger partial charge is 0.496 e. The predicted molar refractivity (Wildman–Crippen MR) is 113 cm³/mol. The molecule has 0 amide bonds. The molecule has 3 aromatic rings. The lowest BCUT2D eigenvalue weighted by Crippen LogP contribution is -3.11.